The van der Waals surface area contributed by atoms with Crippen molar-refractivity contribution in [2.75, 3.05) is 32.1 Å². The van der Waals surface area contributed by atoms with Crippen LogP contribution in [0.2, 0.25) is 0 Å². The first-order valence-electron chi connectivity index (χ1n) is 9.97. The van der Waals surface area contributed by atoms with E-state index >= 15 is 0 Å². The summed E-state index contributed by atoms with van der Waals surface area (Å²) in [4.78, 5) is 22.3. The molecule has 1 aromatic heterocycles. The fraction of sp³-hybridized carbons (Fsp3) is 0.391. The Hall–Kier alpha value is -2.24. The maximum atomic E-state index is 13.5. The Balaban J connectivity index is 1.70. The molecule has 146 valence electrons. The molecule has 0 fully saturated rings. The lowest BCUT2D eigenvalue weighted by Gasteiger charge is -2.23. The molecule has 1 heterocycles. The topological polar surface area (TPSA) is 36.4 Å². The van der Waals surface area contributed by atoms with Crippen molar-refractivity contribution in [3.8, 4) is 0 Å². The molecule has 0 aliphatic heterocycles. The molecule has 0 atom stereocenters. The number of nitrogens with zero attached hydrogens (tertiary/aromatic N) is 3. The third-order valence-electron chi connectivity index (χ3n) is 5.45. The van der Waals surface area contributed by atoms with Gasteiger partial charge in [0.25, 0.3) is 5.91 Å². The lowest BCUT2D eigenvalue weighted by Crippen LogP contribution is -2.36. The molecule has 0 radical (unpaired) electrons. The van der Waals surface area contributed by atoms with Crippen LogP contribution in [0.25, 0.3) is 10.2 Å². The van der Waals surface area contributed by atoms with Gasteiger partial charge in [-0.05, 0) is 81.6 Å². The Morgan fingerprint density at radius 1 is 1.07 bits per heavy atom. The number of fused-ring (bicyclic) bond motifs is 2. The first-order valence-corrected chi connectivity index (χ1v) is 10.8. The molecule has 0 spiro atoms. The zero-order valence-corrected chi connectivity index (χ0v) is 17.7. The first kappa shape index (κ1) is 19.1. The lowest BCUT2D eigenvalue weighted by atomic mass is 9.90. The third kappa shape index (κ3) is 3.82. The maximum Gasteiger partial charge on any atom is 0.260 e. The second-order valence-electron chi connectivity index (χ2n) is 7.87. The van der Waals surface area contributed by atoms with Crippen LogP contribution in [0.5, 0.6) is 0 Å². The number of thiazole rings is 1. The van der Waals surface area contributed by atoms with E-state index in [2.05, 4.69) is 42.2 Å². The van der Waals surface area contributed by atoms with Crippen molar-refractivity contribution in [2.45, 2.75) is 32.6 Å². The Morgan fingerprint density at radius 2 is 1.86 bits per heavy atom. The van der Waals surface area contributed by atoms with Crippen LogP contribution >= 0.6 is 11.3 Å². The van der Waals surface area contributed by atoms with Crippen LogP contribution in [-0.4, -0.2) is 43.0 Å². The highest BCUT2D eigenvalue weighted by Crippen LogP contribution is 2.32. The van der Waals surface area contributed by atoms with Crippen LogP contribution in [0, 0.1) is 6.92 Å². The van der Waals surface area contributed by atoms with E-state index in [0.717, 1.165) is 45.9 Å². The summed E-state index contributed by atoms with van der Waals surface area (Å²) < 4.78 is 1.13. The number of carbonyl (C=O) groups excluding carboxylic acids is 1. The number of aryl methyl sites for hydroxylation is 3. The molecule has 0 saturated carbocycles. The van der Waals surface area contributed by atoms with Gasteiger partial charge in [-0.3, -0.25) is 9.69 Å². The van der Waals surface area contributed by atoms with Crippen LogP contribution in [0.15, 0.2) is 36.4 Å². The summed E-state index contributed by atoms with van der Waals surface area (Å²) in [6.45, 7) is 3.49. The Morgan fingerprint density at radius 3 is 2.61 bits per heavy atom. The van der Waals surface area contributed by atoms with Gasteiger partial charge in [0.1, 0.15) is 0 Å². The second kappa shape index (κ2) is 8.02. The number of benzene rings is 2. The van der Waals surface area contributed by atoms with Gasteiger partial charge in [-0.1, -0.05) is 29.5 Å². The molecule has 1 aliphatic rings. The minimum Gasteiger partial charge on any atom is -0.308 e. The van der Waals surface area contributed by atoms with Crippen molar-refractivity contribution in [1.82, 2.24) is 9.88 Å². The van der Waals surface area contributed by atoms with E-state index in [1.54, 1.807) is 11.3 Å². The highest BCUT2D eigenvalue weighted by atomic mass is 32.1. The molecule has 0 N–H and O–H groups in total. The van der Waals surface area contributed by atoms with E-state index in [4.69, 9.17) is 4.98 Å². The van der Waals surface area contributed by atoms with Gasteiger partial charge in [-0.2, -0.15) is 0 Å². The van der Waals surface area contributed by atoms with Gasteiger partial charge < -0.3 is 4.90 Å². The van der Waals surface area contributed by atoms with E-state index in [9.17, 15) is 4.79 Å². The van der Waals surface area contributed by atoms with Crippen LogP contribution in [-0.2, 0) is 12.8 Å². The third-order valence-corrected chi connectivity index (χ3v) is 6.50. The number of rotatable bonds is 5. The van der Waals surface area contributed by atoms with Gasteiger partial charge in [0.05, 0.1) is 10.2 Å². The van der Waals surface area contributed by atoms with Gasteiger partial charge in [0, 0.05) is 18.7 Å². The number of hydrogen-bond donors (Lipinski definition) is 0. The summed E-state index contributed by atoms with van der Waals surface area (Å²) >= 11 is 1.60. The normalized spacial score (nSPS) is 13.7. The number of para-hydroxylation sites is 1. The summed E-state index contributed by atoms with van der Waals surface area (Å²) in [7, 11) is 4.06. The molecule has 0 bridgehead atoms. The molecule has 5 heteroatoms. The van der Waals surface area contributed by atoms with E-state index in [1.807, 2.05) is 25.1 Å². The van der Waals surface area contributed by atoms with E-state index in [-0.39, 0.29) is 5.91 Å². The molecule has 28 heavy (non-hydrogen) atoms. The van der Waals surface area contributed by atoms with Crippen molar-refractivity contribution >= 4 is 32.6 Å². The highest BCUT2D eigenvalue weighted by Gasteiger charge is 2.23. The standard InChI is InChI=1S/C23H27N3OS/c1-16-7-6-10-20-21(16)24-23(28-20)26(14-13-25(2)3)22(27)19-12-11-17-8-4-5-9-18(17)15-19/h6-7,10-12,15H,4-5,8-9,13-14H2,1-3H3. The summed E-state index contributed by atoms with van der Waals surface area (Å²) in [5.41, 5.74) is 5.66. The average molecular weight is 394 g/mol. The molecule has 1 amide bonds. The van der Waals surface area contributed by atoms with Crippen molar-refractivity contribution < 1.29 is 4.79 Å². The second-order valence-corrected chi connectivity index (χ2v) is 8.88. The largest absolute Gasteiger partial charge is 0.308 e. The minimum atomic E-state index is 0.0481. The first-order chi connectivity index (χ1) is 13.5. The van der Waals surface area contributed by atoms with Gasteiger partial charge in [-0.25, -0.2) is 4.98 Å². The molecule has 1 aliphatic carbocycles. The summed E-state index contributed by atoms with van der Waals surface area (Å²) in [6, 6.07) is 12.5. The van der Waals surface area contributed by atoms with Crippen LogP contribution < -0.4 is 4.90 Å². The van der Waals surface area contributed by atoms with Crippen LogP contribution in [0.3, 0.4) is 0 Å². The van der Waals surface area contributed by atoms with Crippen molar-refractivity contribution in [3.63, 3.8) is 0 Å². The number of likely N-dealkylation sites (N-methyl/N-ethyl adjacent to an activating group) is 1. The van der Waals surface area contributed by atoms with Gasteiger partial charge >= 0.3 is 0 Å². The van der Waals surface area contributed by atoms with Gasteiger partial charge in [0.2, 0.25) is 0 Å². The molecule has 2 aromatic carbocycles. The average Bonchev–Trinajstić information content (AvgIpc) is 3.12. The number of carbonyl (C=O) groups is 1. The molecular formula is C23H27N3OS. The van der Waals surface area contributed by atoms with Crippen molar-refractivity contribution in [3.05, 3.63) is 58.7 Å². The smallest absolute Gasteiger partial charge is 0.260 e. The molecule has 0 unspecified atom stereocenters. The summed E-state index contributed by atoms with van der Waals surface area (Å²) in [6.07, 6.45) is 4.67. The molecule has 4 rings (SSSR count). The van der Waals surface area contributed by atoms with Gasteiger partial charge in [0.15, 0.2) is 5.13 Å². The zero-order valence-electron chi connectivity index (χ0n) is 16.9. The monoisotopic (exact) mass is 393 g/mol. The molecule has 0 saturated heterocycles. The SMILES string of the molecule is Cc1cccc2sc(N(CCN(C)C)C(=O)c3ccc4c(c3)CCCC4)nc12. The summed E-state index contributed by atoms with van der Waals surface area (Å²) in [5, 5.41) is 0.786. The Bertz CT molecular complexity index is 1010. The molecular weight excluding hydrogens is 366 g/mol. The Labute approximate surface area is 170 Å². The number of amides is 1. The highest BCUT2D eigenvalue weighted by molar-refractivity contribution is 7.22. The van der Waals surface area contributed by atoms with Gasteiger partial charge in [-0.15, -0.1) is 0 Å². The molecule has 4 nitrogen and oxygen atoms in total. The number of hydrogen-bond acceptors (Lipinski definition) is 4. The van der Waals surface area contributed by atoms with Crippen LogP contribution in [0.4, 0.5) is 5.13 Å². The predicted molar refractivity (Wildman–Crippen MR) is 118 cm³/mol. The van der Waals surface area contributed by atoms with Crippen LogP contribution in [0.1, 0.15) is 39.9 Å². The van der Waals surface area contributed by atoms with E-state index < -0.39 is 0 Å². The van der Waals surface area contributed by atoms with Crippen molar-refractivity contribution in [2.24, 2.45) is 0 Å². The van der Waals surface area contributed by atoms with E-state index in [0.29, 0.717) is 6.54 Å². The Kier molecular flexibility index (Phi) is 5.47. The minimum absolute atomic E-state index is 0.0481. The van der Waals surface area contributed by atoms with E-state index in [1.165, 1.54) is 24.0 Å². The lowest BCUT2D eigenvalue weighted by molar-refractivity contribution is 0.0985. The number of anilines is 1. The maximum absolute atomic E-state index is 13.5. The fourth-order valence-electron chi connectivity index (χ4n) is 3.80. The predicted octanol–water partition coefficient (Wildman–Crippen LogP) is 4.69. The van der Waals surface area contributed by atoms with Crippen molar-refractivity contribution in [1.29, 1.82) is 0 Å². The number of aromatic nitrogens is 1. The fourth-order valence-corrected chi connectivity index (χ4v) is 4.86. The zero-order chi connectivity index (χ0) is 19.7. The summed E-state index contributed by atoms with van der Waals surface area (Å²) in [5.74, 6) is 0.0481. The molecule has 3 aromatic rings. The quantitative estimate of drug-likeness (QED) is 0.631.